The van der Waals surface area contributed by atoms with Gasteiger partial charge in [-0.1, -0.05) is 12.1 Å². The molecule has 2 rings (SSSR count). The van der Waals surface area contributed by atoms with Crippen LogP contribution in [0.15, 0.2) is 18.2 Å². The van der Waals surface area contributed by atoms with Gasteiger partial charge in [-0.3, -0.25) is 4.79 Å². The van der Waals surface area contributed by atoms with E-state index in [1.165, 1.54) is 12.8 Å². The molecule has 0 atom stereocenters. The zero-order chi connectivity index (χ0) is 12.5. The molecule has 0 unspecified atom stereocenters. The van der Waals surface area contributed by atoms with Crippen LogP contribution in [-0.2, 0) is 0 Å². The number of benzene rings is 1. The third kappa shape index (κ3) is 2.57. The maximum absolute atomic E-state index is 12.1. The van der Waals surface area contributed by atoms with Crippen molar-refractivity contribution in [2.24, 2.45) is 0 Å². The van der Waals surface area contributed by atoms with Crippen molar-refractivity contribution in [1.82, 2.24) is 5.32 Å². The van der Waals surface area contributed by atoms with Gasteiger partial charge in [0.1, 0.15) is 0 Å². The molecule has 0 spiro atoms. The SMILES string of the molecule is CSC1(CNC(=O)c2c(C)cccc2N)CC1. The molecule has 0 aromatic heterocycles. The zero-order valence-corrected chi connectivity index (χ0v) is 11.1. The molecule has 1 aliphatic carbocycles. The van der Waals surface area contributed by atoms with Crippen LogP contribution in [0, 0.1) is 6.92 Å². The van der Waals surface area contributed by atoms with E-state index < -0.39 is 0 Å². The lowest BCUT2D eigenvalue weighted by Gasteiger charge is -2.14. The number of carbonyl (C=O) groups excluding carboxylic acids is 1. The maximum Gasteiger partial charge on any atom is 0.253 e. The minimum absolute atomic E-state index is 0.0547. The number of nitrogens with two attached hydrogens (primary N) is 1. The molecule has 0 radical (unpaired) electrons. The van der Waals surface area contributed by atoms with Crippen molar-refractivity contribution in [2.45, 2.75) is 24.5 Å². The highest BCUT2D eigenvalue weighted by molar-refractivity contribution is 8.00. The quantitative estimate of drug-likeness (QED) is 0.806. The first-order chi connectivity index (χ1) is 8.08. The van der Waals surface area contributed by atoms with Gasteiger partial charge in [-0.15, -0.1) is 0 Å². The first-order valence-electron chi connectivity index (χ1n) is 5.76. The van der Waals surface area contributed by atoms with Crippen molar-refractivity contribution >= 4 is 23.4 Å². The molecule has 92 valence electrons. The highest BCUT2D eigenvalue weighted by Gasteiger charge is 2.42. The smallest absolute Gasteiger partial charge is 0.253 e. The van der Waals surface area contributed by atoms with Crippen LogP contribution in [0.4, 0.5) is 5.69 Å². The Balaban J connectivity index is 2.05. The largest absolute Gasteiger partial charge is 0.398 e. The van der Waals surface area contributed by atoms with Crippen molar-refractivity contribution < 1.29 is 4.79 Å². The molecule has 0 bridgehead atoms. The zero-order valence-electron chi connectivity index (χ0n) is 10.2. The van der Waals surface area contributed by atoms with E-state index >= 15 is 0 Å². The average Bonchev–Trinajstić information content (AvgIpc) is 3.07. The normalized spacial score (nSPS) is 16.6. The molecular weight excluding hydrogens is 232 g/mol. The van der Waals surface area contributed by atoms with Crippen LogP contribution in [0.25, 0.3) is 0 Å². The summed E-state index contributed by atoms with van der Waals surface area (Å²) in [5.41, 5.74) is 7.94. The summed E-state index contributed by atoms with van der Waals surface area (Å²) in [5.74, 6) is -0.0547. The number of amides is 1. The number of nitrogens with one attached hydrogen (secondary N) is 1. The Kier molecular flexibility index (Phi) is 3.33. The number of thioether (sulfide) groups is 1. The highest BCUT2D eigenvalue weighted by atomic mass is 32.2. The van der Waals surface area contributed by atoms with Crippen molar-refractivity contribution in [3.05, 3.63) is 29.3 Å². The van der Waals surface area contributed by atoms with Crippen molar-refractivity contribution in [1.29, 1.82) is 0 Å². The predicted molar refractivity (Wildman–Crippen MR) is 73.4 cm³/mol. The minimum atomic E-state index is -0.0547. The molecule has 4 heteroatoms. The van der Waals surface area contributed by atoms with E-state index in [4.69, 9.17) is 5.73 Å². The molecule has 1 saturated carbocycles. The molecule has 3 N–H and O–H groups in total. The second-order valence-electron chi connectivity index (χ2n) is 4.61. The maximum atomic E-state index is 12.1. The second kappa shape index (κ2) is 4.61. The van der Waals surface area contributed by atoms with Gasteiger partial charge in [0, 0.05) is 17.0 Å². The van der Waals surface area contributed by atoms with Crippen molar-refractivity contribution in [2.75, 3.05) is 18.5 Å². The highest BCUT2D eigenvalue weighted by Crippen LogP contribution is 2.46. The number of anilines is 1. The van der Waals surface area contributed by atoms with E-state index in [0.29, 0.717) is 11.3 Å². The number of hydrogen-bond donors (Lipinski definition) is 2. The third-order valence-electron chi connectivity index (χ3n) is 3.34. The molecule has 0 heterocycles. The molecule has 0 aliphatic heterocycles. The Morgan fingerprint density at radius 2 is 2.24 bits per heavy atom. The van der Waals surface area contributed by atoms with Crippen LogP contribution in [0.2, 0.25) is 0 Å². The fourth-order valence-electron chi connectivity index (χ4n) is 1.92. The van der Waals surface area contributed by atoms with Gasteiger partial charge >= 0.3 is 0 Å². The van der Waals surface area contributed by atoms with Crippen LogP contribution in [0.3, 0.4) is 0 Å². The summed E-state index contributed by atoms with van der Waals surface area (Å²) in [6.45, 7) is 2.65. The molecule has 1 aromatic carbocycles. The van der Waals surface area contributed by atoms with Gasteiger partial charge in [-0.05, 0) is 37.7 Å². The van der Waals surface area contributed by atoms with E-state index in [-0.39, 0.29) is 10.7 Å². The fourth-order valence-corrected chi connectivity index (χ4v) is 2.65. The summed E-state index contributed by atoms with van der Waals surface area (Å²) in [6.07, 6.45) is 4.48. The average molecular weight is 250 g/mol. The summed E-state index contributed by atoms with van der Waals surface area (Å²) in [6, 6.07) is 5.54. The Morgan fingerprint density at radius 3 is 2.76 bits per heavy atom. The Bertz CT molecular complexity index is 421. The standard InChI is InChI=1S/C13H18N2OS/c1-9-4-3-5-10(14)11(9)12(16)15-8-13(17-2)6-7-13/h3-5H,6-8,14H2,1-2H3,(H,15,16). The molecule has 3 nitrogen and oxygen atoms in total. The first kappa shape index (κ1) is 12.3. The Labute approximate surface area is 106 Å². The van der Waals surface area contributed by atoms with Gasteiger partial charge in [-0.2, -0.15) is 11.8 Å². The van der Waals surface area contributed by atoms with Gasteiger partial charge < -0.3 is 11.1 Å². The number of rotatable bonds is 4. The van der Waals surface area contributed by atoms with E-state index in [1.807, 2.05) is 30.8 Å². The topological polar surface area (TPSA) is 55.1 Å². The van der Waals surface area contributed by atoms with Crippen LogP contribution < -0.4 is 11.1 Å². The van der Waals surface area contributed by atoms with E-state index in [2.05, 4.69) is 11.6 Å². The number of carbonyl (C=O) groups is 1. The molecule has 17 heavy (non-hydrogen) atoms. The molecule has 1 aliphatic rings. The summed E-state index contributed by atoms with van der Waals surface area (Å²) >= 11 is 1.84. The number of hydrogen-bond acceptors (Lipinski definition) is 3. The van der Waals surface area contributed by atoms with Crippen molar-refractivity contribution in [3.8, 4) is 0 Å². The van der Waals surface area contributed by atoms with Gasteiger partial charge in [0.2, 0.25) is 0 Å². The van der Waals surface area contributed by atoms with E-state index in [9.17, 15) is 4.79 Å². The van der Waals surface area contributed by atoms with Gasteiger partial charge in [0.25, 0.3) is 5.91 Å². The van der Waals surface area contributed by atoms with Crippen LogP contribution in [-0.4, -0.2) is 23.5 Å². The lowest BCUT2D eigenvalue weighted by atomic mass is 10.1. The lowest BCUT2D eigenvalue weighted by Crippen LogP contribution is -2.32. The summed E-state index contributed by atoms with van der Waals surface area (Å²) in [7, 11) is 0. The number of nitrogen functional groups attached to an aromatic ring is 1. The second-order valence-corrected chi connectivity index (χ2v) is 5.88. The van der Waals surface area contributed by atoms with Gasteiger partial charge in [0.05, 0.1) is 5.56 Å². The number of aryl methyl sites for hydroxylation is 1. The van der Waals surface area contributed by atoms with Crippen LogP contribution in [0.1, 0.15) is 28.8 Å². The first-order valence-corrected chi connectivity index (χ1v) is 6.99. The van der Waals surface area contributed by atoms with Crippen molar-refractivity contribution in [3.63, 3.8) is 0 Å². The predicted octanol–water partition coefficient (Wildman–Crippen LogP) is 2.20. The Hall–Kier alpha value is -1.16. The van der Waals surface area contributed by atoms with E-state index in [0.717, 1.165) is 12.1 Å². The third-order valence-corrected chi connectivity index (χ3v) is 4.76. The van der Waals surface area contributed by atoms with Crippen LogP contribution >= 0.6 is 11.8 Å². The summed E-state index contributed by atoms with van der Waals surface area (Å²) in [5, 5.41) is 2.99. The van der Waals surface area contributed by atoms with E-state index in [1.54, 1.807) is 6.07 Å². The molecule has 1 aromatic rings. The fraction of sp³-hybridized carbons (Fsp3) is 0.462. The van der Waals surface area contributed by atoms with Crippen LogP contribution in [0.5, 0.6) is 0 Å². The molecule has 1 fully saturated rings. The molecule has 0 saturated heterocycles. The lowest BCUT2D eigenvalue weighted by molar-refractivity contribution is 0.0953. The van der Waals surface area contributed by atoms with Gasteiger partial charge in [-0.25, -0.2) is 0 Å². The Morgan fingerprint density at radius 1 is 1.53 bits per heavy atom. The summed E-state index contributed by atoms with van der Waals surface area (Å²) in [4.78, 5) is 12.1. The van der Waals surface area contributed by atoms with Gasteiger partial charge in [0.15, 0.2) is 0 Å². The molecule has 1 amide bonds. The molecular formula is C13H18N2OS. The monoisotopic (exact) mass is 250 g/mol. The summed E-state index contributed by atoms with van der Waals surface area (Å²) < 4.78 is 0.285. The minimum Gasteiger partial charge on any atom is -0.398 e.